The number of amides is 1. The zero-order valence-corrected chi connectivity index (χ0v) is 18.7. The predicted molar refractivity (Wildman–Crippen MR) is 125 cm³/mol. The van der Waals surface area contributed by atoms with Crippen LogP contribution in [0.25, 0.3) is 0 Å². The molecule has 0 unspecified atom stereocenters. The molecule has 164 valence electrons. The van der Waals surface area contributed by atoms with Crippen molar-refractivity contribution in [3.63, 3.8) is 0 Å². The number of hydrogen-bond acceptors (Lipinski definition) is 4. The Morgan fingerprint density at radius 2 is 1.75 bits per heavy atom. The van der Waals surface area contributed by atoms with E-state index in [1.54, 1.807) is 7.11 Å². The number of nitrogens with zero attached hydrogens (tertiary/aromatic N) is 2. The van der Waals surface area contributed by atoms with E-state index in [1.165, 1.54) is 0 Å². The van der Waals surface area contributed by atoms with Gasteiger partial charge in [-0.05, 0) is 41.5 Å². The number of benzene rings is 3. The van der Waals surface area contributed by atoms with Gasteiger partial charge in [0.05, 0.1) is 25.4 Å². The lowest BCUT2D eigenvalue weighted by molar-refractivity contribution is -0.123. The molecular weight excluding hydrogens is 424 g/mol. The Morgan fingerprint density at radius 3 is 2.53 bits per heavy atom. The van der Waals surface area contributed by atoms with E-state index in [-0.39, 0.29) is 18.1 Å². The minimum absolute atomic E-state index is 0.0317. The van der Waals surface area contributed by atoms with Gasteiger partial charge in [-0.25, -0.2) is 0 Å². The summed E-state index contributed by atoms with van der Waals surface area (Å²) in [4.78, 5) is 17.9. The van der Waals surface area contributed by atoms with Crippen LogP contribution in [0.3, 0.4) is 0 Å². The van der Waals surface area contributed by atoms with Crippen LogP contribution in [0.15, 0.2) is 72.8 Å². The average molecular weight is 449 g/mol. The summed E-state index contributed by atoms with van der Waals surface area (Å²) in [6, 6.07) is 23.2. The second kappa shape index (κ2) is 8.85. The van der Waals surface area contributed by atoms with Gasteiger partial charge in [0.15, 0.2) is 0 Å². The second-order valence-electron chi connectivity index (χ2n) is 8.25. The second-order valence-corrected chi connectivity index (χ2v) is 8.66. The lowest BCUT2D eigenvalue weighted by Crippen LogP contribution is -2.45. The lowest BCUT2D eigenvalue weighted by Gasteiger charge is -2.32. The Kier molecular flexibility index (Phi) is 5.77. The van der Waals surface area contributed by atoms with Crippen LogP contribution in [0.5, 0.6) is 11.5 Å². The van der Waals surface area contributed by atoms with Crippen LogP contribution in [0.4, 0.5) is 5.69 Å². The SMILES string of the molecule is COc1ccc(CN2C(=O)[C@@H]3C[C@@H](CN3Cc3ccccc3Cl)Oc3ccccc32)cc1. The van der Waals surface area contributed by atoms with Crippen molar-refractivity contribution in [3.05, 3.63) is 88.9 Å². The zero-order chi connectivity index (χ0) is 22.1. The third-order valence-corrected chi connectivity index (χ3v) is 6.57. The topological polar surface area (TPSA) is 42.0 Å². The van der Waals surface area contributed by atoms with E-state index in [2.05, 4.69) is 4.90 Å². The van der Waals surface area contributed by atoms with Gasteiger partial charge in [-0.1, -0.05) is 54.1 Å². The molecule has 2 atom stereocenters. The van der Waals surface area contributed by atoms with E-state index in [9.17, 15) is 4.79 Å². The molecule has 1 saturated heterocycles. The number of ether oxygens (including phenoxy) is 2. The molecule has 3 aromatic rings. The fourth-order valence-corrected chi connectivity index (χ4v) is 4.75. The van der Waals surface area contributed by atoms with Gasteiger partial charge < -0.3 is 14.4 Å². The third-order valence-electron chi connectivity index (χ3n) is 6.20. The molecule has 2 aliphatic rings. The fraction of sp³-hybridized carbons (Fsp3) is 0.269. The molecule has 0 aromatic heterocycles. The number of likely N-dealkylation sites (tertiary alicyclic amines) is 1. The molecule has 0 N–H and O–H groups in total. The number of anilines is 1. The summed E-state index contributed by atoms with van der Waals surface area (Å²) in [6.45, 7) is 1.76. The molecule has 0 radical (unpaired) electrons. The van der Waals surface area contributed by atoms with Crippen molar-refractivity contribution >= 4 is 23.2 Å². The van der Waals surface area contributed by atoms with Crippen LogP contribution in [-0.4, -0.2) is 36.6 Å². The fourth-order valence-electron chi connectivity index (χ4n) is 4.56. The summed E-state index contributed by atoms with van der Waals surface area (Å²) in [6.07, 6.45) is 0.632. The van der Waals surface area contributed by atoms with Crippen LogP contribution in [0.1, 0.15) is 17.5 Å². The van der Waals surface area contributed by atoms with Crippen LogP contribution in [-0.2, 0) is 17.9 Å². The van der Waals surface area contributed by atoms with Crippen LogP contribution >= 0.6 is 11.6 Å². The van der Waals surface area contributed by atoms with E-state index in [0.29, 0.717) is 26.1 Å². The van der Waals surface area contributed by atoms with E-state index >= 15 is 0 Å². The number of fused-ring (bicyclic) bond motifs is 3. The molecule has 2 heterocycles. The summed E-state index contributed by atoms with van der Waals surface area (Å²) in [5.41, 5.74) is 2.86. The molecule has 5 nitrogen and oxygen atoms in total. The van der Waals surface area contributed by atoms with Gasteiger partial charge in [0, 0.05) is 24.5 Å². The Bertz CT molecular complexity index is 1120. The Balaban J connectivity index is 1.48. The Hall–Kier alpha value is -3.02. The van der Waals surface area contributed by atoms with Crippen LogP contribution in [0, 0.1) is 0 Å². The van der Waals surface area contributed by atoms with E-state index < -0.39 is 0 Å². The molecule has 32 heavy (non-hydrogen) atoms. The largest absolute Gasteiger partial charge is 0.497 e. The predicted octanol–water partition coefficient (Wildman–Crippen LogP) is 4.92. The first-order valence-electron chi connectivity index (χ1n) is 10.8. The molecule has 0 saturated carbocycles. The molecule has 2 bridgehead atoms. The molecule has 3 aromatic carbocycles. The van der Waals surface area contributed by atoms with E-state index in [1.807, 2.05) is 77.7 Å². The van der Waals surface area contributed by atoms with Crippen LogP contribution in [0.2, 0.25) is 5.02 Å². The summed E-state index contributed by atoms with van der Waals surface area (Å²) in [5.74, 6) is 1.63. The highest BCUT2D eigenvalue weighted by Crippen LogP contribution is 2.37. The van der Waals surface area contributed by atoms with Gasteiger partial charge in [-0.15, -0.1) is 0 Å². The molecule has 2 aliphatic heterocycles. The van der Waals surface area contributed by atoms with Crippen molar-refractivity contribution < 1.29 is 14.3 Å². The van der Waals surface area contributed by atoms with Crippen molar-refractivity contribution in [2.45, 2.75) is 31.7 Å². The van der Waals surface area contributed by atoms with Gasteiger partial charge in [-0.2, -0.15) is 0 Å². The molecule has 1 fully saturated rings. The highest BCUT2D eigenvalue weighted by molar-refractivity contribution is 6.31. The van der Waals surface area contributed by atoms with E-state index in [4.69, 9.17) is 21.1 Å². The maximum absolute atomic E-state index is 13.9. The lowest BCUT2D eigenvalue weighted by atomic mass is 10.1. The minimum atomic E-state index is -0.261. The first-order valence-corrected chi connectivity index (χ1v) is 11.2. The van der Waals surface area contributed by atoms with Gasteiger partial charge in [0.25, 0.3) is 0 Å². The highest BCUT2D eigenvalue weighted by Gasteiger charge is 2.42. The minimum Gasteiger partial charge on any atom is -0.497 e. The zero-order valence-electron chi connectivity index (χ0n) is 17.9. The summed E-state index contributed by atoms with van der Waals surface area (Å²) in [7, 11) is 1.65. The Labute approximate surface area is 193 Å². The number of methoxy groups -OCH3 is 1. The standard InChI is InChI=1S/C26H25ClN2O3/c1-31-20-12-10-18(11-13-20)15-29-23-8-4-5-9-25(23)32-21-14-24(26(29)30)28(17-21)16-19-6-2-3-7-22(19)27/h2-13,21,24H,14-17H2,1H3/t21-,24-/m0/s1. The maximum Gasteiger partial charge on any atom is 0.244 e. The van der Waals surface area contributed by atoms with Crippen LogP contribution < -0.4 is 14.4 Å². The molecule has 6 heteroatoms. The molecule has 0 spiro atoms. The summed E-state index contributed by atoms with van der Waals surface area (Å²) < 4.78 is 11.7. The first-order chi connectivity index (χ1) is 15.6. The van der Waals surface area contributed by atoms with E-state index in [0.717, 1.165) is 33.3 Å². The third kappa shape index (κ3) is 4.06. The highest BCUT2D eigenvalue weighted by atomic mass is 35.5. The number of carbonyl (C=O) groups is 1. The number of hydrogen-bond donors (Lipinski definition) is 0. The monoisotopic (exact) mass is 448 g/mol. The van der Waals surface area contributed by atoms with Gasteiger partial charge in [0.2, 0.25) is 5.91 Å². The Morgan fingerprint density at radius 1 is 1.00 bits per heavy atom. The molecule has 5 rings (SSSR count). The van der Waals surface area contributed by atoms with Crippen molar-refractivity contribution in [1.29, 1.82) is 0 Å². The van der Waals surface area contributed by atoms with Gasteiger partial charge in [0.1, 0.15) is 17.6 Å². The van der Waals surface area contributed by atoms with Crippen molar-refractivity contribution in [2.75, 3.05) is 18.6 Å². The number of carbonyl (C=O) groups excluding carboxylic acids is 1. The number of rotatable bonds is 5. The van der Waals surface area contributed by atoms with Crippen molar-refractivity contribution in [3.8, 4) is 11.5 Å². The van der Waals surface area contributed by atoms with Gasteiger partial charge in [-0.3, -0.25) is 9.69 Å². The quantitative estimate of drug-likeness (QED) is 0.555. The summed E-state index contributed by atoms with van der Waals surface area (Å²) >= 11 is 6.42. The molecule has 0 aliphatic carbocycles. The summed E-state index contributed by atoms with van der Waals surface area (Å²) in [5, 5.41) is 0.719. The number of para-hydroxylation sites is 2. The smallest absolute Gasteiger partial charge is 0.244 e. The van der Waals surface area contributed by atoms with Crippen molar-refractivity contribution in [1.82, 2.24) is 4.90 Å². The van der Waals surface area contributed by atoms with Crippen molar-refractivity contribution in [2.24, 2.45) is 0 Å². The normalized spacial score (nSPS) is 20.3. The average Bonchev–Trinajstić information content (AvgIpc) is 3.22. The molecular formula is C26H25ClN2O3. The maximum atomic E-state index is 13.9. The van der Waals surface area contributed by atoms with Gasteiger partial charge >= 0.3 is 0 Å². The number of halogens is 1. The molecule has 1 amide bonds. The first kappa shape index (κ1) is 20.9.